The largest absolute Gasteiger partial charge is 0.478 e. The van der Waals surface area contributed by atoms with Crippen LogP contribution in [0.4, 0.5) is 5.95 Å². The van der Waals surface area contributed by atoms with Gasteiger partial charge in [0.1, 0.15) is 0 Å². The number of rotatable bonds is 7. The van der Waals surface area contributed by atoms with Gasteiger partial charge in [-0.15, -0.1) is 0 Å². The molecule has 3 aromatic rings. The van der Waals surface area contributed by atoms with Gasteiger partial charge in [-0.05, 0) is 24.6 Å². The van der Waals surface area contributed by atoms with Crippen LogP contribution in [-0.4, -0.2) is 31.2 Å². The molecule has 3 heterocycles. The van der Waals surface area contributed by atoms with Crippen molar-refractivity contribution in [3.63, 3.8) is 0 Å². The van der Waals surface area contributed by atoms with Gasteiger partial charge in [0, 0.05) is 18.5 Å². The zero-order valence-corrected chi connectivity index (χ0v) is 13.6. The van der Waals surface area contributed by atoms with Gasteiger partial charge in [0.25, 0.3) is 0 Å². The van der Waals surface area contributed by atoms with E-state index in [-0.39, 0.29) is 5.56 Å². The fourth-order valence-electron chi connectivity index (χ4n) is 2.27. The van der Waals surface area contributed by atoms with Crippen LogP contribution in [0.15, 0.2) is 41.2 Å². The lowest BCUT2D eigenvalue weighted by atomic mass is 10.2. The molecule has 0 spiro atoms. The Balaban J connectivity index is 1.72. The molecule has 0 aromatic carbocycles. The minimum absolute atomic E-state index is 0.156. The second-order valence-corrected chi connectivity index (χ2v) is 5.39. The molecule has 0 aliphatic carbocycles. The SMILES string of the molecule is CCCc1cc(CNc2nccc(-c3cc(C(=O)O)ccn3)n2)on1. The van der Waals surface area contributed by atoms with E-state index in [9.17, 15) is 4.79 Å². The summed E-state index contributed by atoms with van der Waals surface area (Å²) in [6, 6.07) is 6.48. The highest BCUT2D eigenvalue weighted by Crippen LogP contribution is 2.17. The van der Waals surface area contributed by atoms with Gasteiger partial charge >= 0.3 is 5.97 Å². The minimum Gasteiger partial charge on any atom is -0.478 e. The normalized spacial score (nSPS) is 10.6. The van der Waals surface area contributed by atoms with Crippen molar-refractivity contribution in [2.75, 3.05) is 5.32 Å². The van der Waals surface area contributed by atoms with Crippen LogP contribution in [0.1, 0.15) is 35.2 Å². The number of carbonyl (C=O) groups is 1. The Hall–Kier alpha value is -3.29. The molecule has 0 unspecified atom stereocenters. The number of carboxylic acid groups (broad SMARTS) is 1. The van der Waals surface area contributed by atoms with E-state index in [1.54, 1.807) is 12.3 Å². The van der Waals surface area contributed by atoms with E-state index in [2.05, 4.69) is 32.3 Å². The molecule has 8 heteroatoms. The molecule has 0 atom stereocenters. The highest BCUT2D eigenvalue weighted by atomic mass is 16.5. The van der Waals surface area contributed by atoms with E-state index in [1.807, 2.05) is 6.07 Å². The van der Waals surface area contributed by atoms with E-state index in [4.69, 9.17) is 9.63 Å². The molecule has 0 fully saturated rings. The summed E-state index contributed by atoms with van der Waals surface area (Å²) < 4.78 is 5.25. The summed E-state index contributed by atoms with van der Waals surface area (Å²) >= 11 is 0. The molecule has 25 heavy (non-hydrogen) atoms. The summed E-state index contributed by atoms with van der Waals surface area (Å²) in [7, 11) is 0. The summed E-state index contributed by atoms with van der Waals surface area (Å²) in [5.74, 6) is 0.0844. The Kier molecular flexibility index (Phi) is 4.98. The monoisotopic (exact) mass is 339 g/mol. The molecular weight excluding hydrogens is 322 g/mol. The van der Waals surface area contributed by atoms with Gasteiger partial charge in [-0.3, -0.25) is 4.98 Å². The quantitative estimate of drug-likeness (QED) is 0.675. The van der Waals surface area contributed by atoms with Crippen molar-refractivity contribution in [1.29, 1.82) is 0 Å². The number of pyridine rings is 1. The van der Waals surface area contributed by atoms with Crippen molar-refractivity contribution in [3.8, 4) is 11.4 Å². The van der Waals surface area contributed by atoms with Crippen LogP contribution in [-0.2, 0) is 13.0 Å². The van der Waals surface area contributed by atoms with Gasteiger partial charge in [0.05, 0.1) is 29.2 Å². The molecule has 128 valence electrons. The predicted molar refractivity (Wildman–Crippen MR) is 90.0 cm³/mol. The number of hydrogen-bond acceptors (Lipinski definition) is 7. The summed E-state index contributed by atoms with van der Waals surface area (Å²) in [5, 5.41) is 16.1. The molecule has 0 aliphatic rings. The molecule has 0 amide bonds. The lowest BCUT2D eigenvalue weighted by Gasteiger charge is -2.05. The van der Waals surface area contributed by atoms with Crippen LogP contribution in [0.25, 0.3) is 11.4 Å². The number of nitrogens with zero attached hydrogens (tertiary/aromatic N) is 4. The molecule has 8 nitrogen and oxygen atoms in total. The van der Waals surface area contributed by atoms with Gasteiger partial charge < -0.3 is 14.9 Å². The summed E-state index contributed by atoms with van der Waals surface area (Å²) in [5.41, 5.74) is 2.08. The Morgan fingerprint density at radius 1 is 1.20 bits per heavy atom. The average Bonchev–Trinajstić information content (AvgIpc) is 3.08. The van der Waals surface area contributed by atoms with Crippen molar-refractivity contribution in [2.45, 2.75) is 26.3 Å². The number of aromatic nitrogens is 4. The molecule has 0 radical (unpaired) electrons. The molecule has 2 N–H and O–H groups in total. The summed E-state index contributed by atoms with van der Waals surface area (Å²) in [4.78, 5) is 23.7. The van der Waals surface area contributed by atoms with Crippen LogP contribution in [0.5, 0.6) is 0 Å². The Bertz CT molecular complexity index is 878. The number of carboxylic acids is 1. The number of anilines is 1. The predicted octanol–water partition coefficient (Wildman–Crippen LogP) is 2.79. The van der Waals surface area contributed by atoms with E-state index in [0.29, 0.717) is 29.6 Å². The first-order valence-corrected chi connectivity index (χ1v) is 7.87. The molecule has 3 rings (SSSR count). The molecule has 0 saturated carbocycles. The fourth-order valence-corrected chi connectivity index (χ4v) is 2.27. The van der Waals surface area contributed by atoms with Crippen LogP contribution in [0, 0.1) is 0 Å². The van der Waals surface area contributed by atoms with Crippen LogP contribution >= 0.6 is 0 Å². The molecular formula is C17H17N5O3. The van der Waals surface area contributed by atoms with E-state index in [1.165, 1.54) is 18.3 Å². The fraction of sp³-hybridized carbons (Fsp3) is 0.235. The van der Waals surface area contributed by atoms with Gasteiger partial charge in [-0.2, -0.15) is 0 Å². The third kappa shape index (κ3) is 4.17. The molecule has 0 bridgehead atoms. The first kappa shape index (κ1) is 16.6. The topological polar surface area (TPSA) is 114 Å². The lowest BCUT2D eigenvalue weighted by Crippen LogP contribution is -2.04. The molecule has 0 aliphatic heterocycles. The number of aromatic carboxylic acids is 1. The lowest BCUT2D eigenvalue weighted by molar-refractivity contribution is 0.0697. The van der Waals surface area contributed by atoms with Crippen molar-refractivity contribution >= 4 is 11.9 Å². The number of nitrogens with one attached hydrogen (secondary N) is 1. The minimum atomic E-state index is -1.01. The standard InChI is InChI=1S/C17H17N5O3/c1-2-3-12-9-13(25-22-12)10-20-17-19-7-5-14(21-17)15-8-11(16(23)24)4-6-18-15/h4-9H,2-3,10H2,1H3,(H,23,24)(H,19,20,21). The van der Waals surface area contributed by atoms with Crippen molar-refractivity contribution < 1.29 is 14.4 Å². The Morgan fingerprint density at radius 2 is 2.04 bits per heavy atom. The maximum atomic E-state index is 11.1. The van der Waals surface area contributed by atoms with Crippen molar-refractivity contribution in [2.24, 2.45) is 0 Å². The zero-order chi connectivity index (χ0) is 17.6. The van der Waals surface area contributed by atoms with Crippen molar-refractivity contribution in [1.82, 2.24) is 20.1 Å². The van der Waals surface area contributed by atoms with Gasteiger partial charge in [0.15, 0.2) is 5.76 Å². The Labute approximate surface area is 144 Å². The van der Waals surface area contributed by atoms with Gasteiger partial charge in [0.2, 0.25) is 5.95 Å². The third-order valence-electron chi connectivity index (χ3n) is 3.46. The first-order chi connectivity index (χ1) is 12.2. The second-order valence-electron chi connectivity index (χ2n) is 5.39. The third-order valence-corrected chi connectivity index (χ3v) is 3.46. The summed E-state index contributed by atoms with van der Waals surface area (Å²) in [6.07, 6.45) is 4.91. The average molecular weight is 339 g/mol. The van der Waals surface area contributed by atoms with E-state index in [0.717, 1.165) is 18.5 Å². The second kappa shape index (κ2) is 7.52. The summed E-state index contributed by atoms with van der Waals surface area (Å²) in [6.45, 7) is 2.49. The van der Waals surface area contributed by atoms with Gasteiger partial charge in [-0.1, -0.05) is 18.5 Å². The number of aryl methyl sites for hydroxylation is 1. The van der Waals surface area contributed by atoms with Crippen LogP contribution in [0.2, 0.25) is 0 Å². The highest BCUT2D eigenvalue weighted by Gasteiger charge is 2.09. The first-order valence-electron chi connectivity index (χ1n) is 7.87. The molecule has 3 aromatic heterocycles. The van der Waals surface area contributed by atoms with Crippen LogP contribution < -0.4 is 5.32 Å². The maximum Gasteiger partial charge on any atom is 0.335 e. The van der Waals surface area contributed by atoms with Crippen molar-refractivity contribution in [3.05, 3.63) is 53.7 Å². The zero-order valence-electron chi connectivity index (χ0n) is 13.6. The maximum absolute atomic E-state index is 11.1. The Morgan fingerprint density at radius 3 is 2.84 bits per heavy atom. The van der Waals surface area contributed by atoms with Gasteiger partial charge in [-0.25, -0.2) is 14.8 Å². The smallest absolute Gasteiger partial charge is 0.335 e. The number of hydrogen-bond donors (Lipinski definition) is 2. The van der Waals surface area contributed by atoms with E-state index >= 15 is 0 Å². The van der Waals surface area contributed by atoms with Crippen LogP contribution in [0.3, 0.4) is 0 Å². The van der Waals surface area contributed by atoms with E-state index < -0.39 is 5.97 Å². The highest BCUT2D eigenvalue weighted by molar-refractivity contribution is 5.88. The molecule has 0 saturated heterocycles.